The summed E-state index contributed by atoms with van der Waals surface area (Å²) in [5, 5.41) is 3.97. The van der Waals surface area contributed by atoms with Gasteiger partial charge in [-0.15, -0.1) is 0 Å². The van der Waals surface area contributed by atoms with E-state index >= 15 is 0 Å². The summed E-state index contributed by atoms with van der Waals surface area (Å²) in [5.74, 6) is 2.14. The minimum Gasteiger partial charge on any atom is -0.487 e. The molecule has 0 spiro atoms. The zero-order valence-electron chi connectivity index (χ0n) is 18.9. The van der Waals surface area contributed by atoms with E-state index in [0.717, 1.165) is 6.07 Å². The first kappa shape index (κ1) is 23.1. The second-order valence-corrected chi connectivity index (χ2v) is 8.17. The Bertz CT molecular complexity index is 1170. The van der Waals surface area contributed by atoms with Gasteiger partial charge in [0.2, 0.25) is 0 Å². The van der Waals surface area contributed by atoms with E-state index in [9.17, 15) is 13.2 Å². The number of anilines is 1. The maximum absolute atomic E-state index is 13.4. The van der Waals surface area contributed by atoms with Crippen molar-refractivity contribution in [2.75, 3.05) is 25.1 Å². The lowest BCUT2D eigenvalue weighted by Crippen LogP contribution is -2.19. The standard InChI is InChI=1S/C24H26F3N3O3/c1-13-12-31-8-9-32-21-11-20-18(10-22(21)33-13)23(30-16(4)29-20)28-15(3)17-6-5-7-19(14(17)2)24(25,26)27/h5-7,10-11,13,15H,8-9,12H2,1-4H3,(H,28,29,30)/t13-,15+/m0/s1. The van der Waals surface area contributed by atoms with Gasteiger partial charge in [-0.25, -0.2) is 9.97 Å². The van der Waals surface area contributed by atoms with Crippen LogP contribution in [0.1, 0.15) is 42.4 Å². The number of halogens is 3. The van der Waals surface area contributed by atoms with Gasteiger partial charge < -0.3 is 19.5 Å². The molecule has 2 aromatic carbocycles. The number of benzene rings is 2. The minimum atomic E-state index is -4.41. The molecule has 0 radical (unpaired) electrons. The van der Waals surface area contributed by atoms with E-state index in [-0.39, 0.29) is 11.7 Å². The summed E-state index contributed by atoms with van der Waals surface area (Å²) in [7, 11) is 0. The third-order valence-corrected chi connectivity index (χ3v) is 5.54. The van der Waals surface area contributed by atoms with Crippen molar-refractivity contribution in [1.29, 1.82) is 0 Å². The van der Waals surface area contributed by atoms with Crippen molar-refractivity contribution in [3.8, 4) is 11.5 Å². The maximum Gasteiger partial charge on any atom is 0.416 e. The van der Waals surface area contributed by atoms with Crippen LogP contribution in [0.5, 0.6) is 11.5 Å². The van der Waals surface area contributed by atoms with Crippen LogP contribution >= 0.6 is 0 Å². The minimum absolute atomic E-state index is 0.183. The van der Waals surface area contributed by atoms with Gasteiger partial charge in [0.1, 0.15) is 24.4 Å². The molecule has 1 aromatic heterocycles. The third-order valence-electron chi connectivity index (χ3n) is 5.54. The summed E-state index contributed by atoms with van der Waals surface area (Å²) < 4.78 is 57.5. The van der Waals surface area contributed by atoms with E-state index in [4.69, 9.17) is 14.2 Å². The molecule has 0 bridgehead atoms. The van der Waals surface area contributed by atoms with E-state index in [0.29, 0.717) is 59.4 Å². The number of aryl methyl sites for hydroxylation is 1. The van der Waals surface area contributed by atoms with Crippen LogP contribution in [0.2, 0.25) is 0 Å². The van der Waals surface area contributed by atoms with Crippen LogP contribution in [0.4, 0.5) is 19.0 Å². The van der Waals surface area contributed by atoms with Crippen molar-refractivity contribution in [2.45, 2.75) is 46.0 Å². The third kappa shape index (κ3) is 4.98. The summed E-state index contributed by atoms with van der Waals surface area (Å²) in [6.07, 6.45) is -4.59. The van der Waals surface area contributed by atoms with Gasteiger partial charge in [0.15, 0.2) is 11.5 Å². The summed E-state index contributed by atoms with van der Waals surface area (Å²) in [5.41, 5.74) is 0.735. The molecule has 1 aliphatic rings. The van der Waals surface area contributed by atoms with Gasteiger partial charge in [-0.2, -0.15) is 13.2 Å². The lowest BCUT2D eigenvalue weighted by molar-refractivity contribution is -0.138. The largest absolute Gasteiger partial charge is 0.487 e. The van der Waals surface area contributed by atoms with Crippen molar-refractivity contribution in [1.82, 2.24) is 9.97 Å². The summed E-state index contributed by atoms with van der Waals surface area (Å²) >= 11 is 0. The maximum atomic E-state index is 13.4. The summed E-state index contributed by atoms with van der Waals surface area (Å²) in [6.45, 7) is 8.23. The van der Waals surface area contributed by atoms with Crippen LogP contribution in [0.3, 0.4) is 0 Å². The van der Waals surface area contributed by atoms with E-state index in [2.05, 4.69) is 15.3 Å². The Morgan fingerprint density at radius 2 is 1.88 bits per heavy atom. The number of nitrogens with one attached hydrogen (secondary N) is 1. The first-order valence-electron chi connectivity index (χ1n) is 10.8. The monoisotopic (exact) mass is 461 g/mol. The highest BCUT2D eigenvalue weighted by atomic mass is 19.4. The molecule has 4 rings (SSSR count). The smallest absolute Gasteiger partial charge is 0.416 e. The molecule has 2 heterocycles. The Balaban J connectivity index is 1.74. The molecule has 0 saturated carbocycles. The molecule has 3 aromatic rings. The molecule has 1 aliphatic heterocycles. The number of ether oxygens (including phenoxy) is 3. The van der Waals surface area contributed by atoms with Crippen LogP contribution in [0, 0.1) is 13.8 Å². The Hall–Kier alpha value is -3.07. The molecule has 9 heteroatoms. The average molecular weight is 461 g/mol. The molecule has 0 unspecified atom stereocenters. The Morgan fingerprint density at radius 3 is 2.64 bits per heavy atom. The van der Waals surface area contributed by atoms with Crippen molar-refractivity contribution < 1.29 is 27.4 Å². The number of hydrogen-bond donors (Lipinski definition) is 1. The lowest BCUT2D eigenvalue weighted by Gasteiger charge is -2.22. The quantitative estimate of drug-likeness (QED) is 0.547. The van der Waals surface area contributed by atoms with Gasteiger partial charge in [0.05, 0.1) is 30.3 Å². The highest BCUT2D eigenvalue weighted by Gasteiger charge is 2.33. The van der Waals surface area contributed by atoms with Gasteiger partial charge in [0, 0.05) is 11.5 Å². The first-order chi connectivity index (χ1) is 15.6. The van der Waals surface area contributed by atoms with Crippen LogP contribution < -0.4 is 14.8 Å². The van der Waals surface area contributed by atoms with Crippen molar-refractivity contribution in [3.63, 3.8) is 0 Å². The lowest BCUT2D eigenvalue weighted by atomic mass is 9.97. The van der Waals surface area contributed by atoms with Crippen LogP contribution in [0.25, 0.3) is 10.9 Å². The molecule has 0 amide bonds. The predicted molar refractivity (Wildman–Crippen MR) is 119 cm³/mol. The molecule has 33 heavy (non-hydrogen) atoms. The SMILES string of the molecule is Cc1nc(N[C@H](C)c2cccc(C(F)(F)F)c2C)c2cc3c(cc2n1)OCCOC[C@H](C)O3. The second-order valence-electron chi connectivity index (χ2n) is 8.17. The molecule has 1 N–H and O–H groups in total. The molecule has 0 aliphatic carbocycles. The first-order valence-corrected chi connectivity index (χ1v) is 10.8. The average Bonchev–Trinajstić information content (AvgIpc) is 2.81. The summed E-state index contributed by atoms with van der Waals surface area (Å²) in [4.78, 5) is 9.05. The molecule has 176 valence electrons. The Labute approximate surface area is 190 Å². The molecule has 6 nitrogen and oxygen atoms in total. The van der Waals surface area contributed by atoms with Gasteiger partial charge in [0.25, 0.3) is 0 Å². The van der Waals surface area contributed by atoms with E-state index in [1.807, 2.05) is 13.8 Å². The van der Waals surface area contributed by atoms with Crippen molar-refractivity contribution >= 4 is 16.7 Å². The highest BCUT2D eigenvalue weighted by Crippen LogP contribution is 2.38. The van der Waals surface area contributed by atoms with Gasteiger partial charge in [-0.3, -0.25) is 0 Å². The Kier molecular flexibility index (Phi) is 6.34. The fourth-order valence-corrected chi connectivity index (χ4v) is 3.99. The fourth-order valence-electron chi connectivity index (χ4n) is 3.99. The predicted octanol–water partition coefficient (Wildman–Crippen LogP) is 5.61. The number of hydrogen-bond acceptors (Lipinski definition) is 6. The van der Waals surface area contributed by atoms with E-state index < -0.39 is 17.8 Å². The molecule has 0 fully saturated rings. The Morgan fingerprint density at radius 1 is 1.09 bits per heavy atom. The number of alkyl halides is 3. The number of aromatic nitrogens is 2. The molecule has 2 atom stereocenters. The molecular formula is C24H26F3N3O3. The topological polar surface area (TPSA) is 65.5 Å². The van der Waals surface area contributed by atoms with Gasteiger partial charge >= 0.3 is 6.18 Å². The van der Waals surface area contributed by atoms with Crippen LogP contribution in [-0.4, -0.2) is 35.9 Å². The zero-order valence-corrected chi connectivity index (χ0v) is 18.9. The van der Waals surface area contributed by atoms with Crippen LogP contribution in [0.15, 0.2) is 30.3 Å². The second kappa shape index (κ2) is 9.05. The van der Waals surface area contributed by atoms with E-state index in [1.54, 1.807) is 25.1 Å². The normalized spacial score (nSPS) is 17.7. The van der Waals surface area contributed by atoms with Gasteiger partial charge in [-0.05, 0) is 51.0 Å². The zero-order chi connectivity index (χ0) is 23.8. The fraction of sp³-hybridized carbons (Fsp3) is 0.417. The van der Waals surface area contributed by atoms with Gasteiger partial charge in [-0.1, -0.05) is 12.1 Å². The number of nitrogens with zero attached hydrogens (tertiary/aromatic N) is 2. The van der Waals surface area contributed by atoms with Crippen molar-refractivity contribution in [2.24, 2.45) is 0 Å². The summed E-state index contributed by atoms with van der Waals surface area (Å²) in [6, 6.07) is 7.38. The van der Waals surface area contributed by atoms with Crippen molar-refractivity contribution in [3.05, 3.63) is 52.8 Å². The molecule has 0 saturated heterocycles. The highest BCUT2D eigenvalue weighted by molar-refractivity contribution is 5.92. The van der Waals surface area contributed by atoms with Crippen LogP contribution in [-0.2, 0) is 10.9 Å². The number of rotatable bonds is 3. The number of fused-ring (bicyclic) bond motifs is 2. The van der Waals surface area contributed by atoms with E-state index in [1.165, 1.54) is 13.0 Å². The molecular weight excluding hydrogens is 435 g/mol.